The molecule has 0 spiro atoms. The second-order valence-corrected chi connectivity index (χ2v) is 11.7. The number of aliphatic hydroxyl groups excluding tert-OH is 1. The molecule has 4 heterocycles. The Morgan fingerprint density at radius 3 is 2.31 bits per heavy atom. The fourth-order valence-corrected chi connectivity index (χ4v) is 5.37. The summed E-state index contributed by atoms with van der Waals surface area (Å²) in [6.07, 6.45) is 9.22. The van der Waals surface area contributed by atoms with Gasteiger partial charge in [0.05, 0.1) is 64.6 Å². The SMILES string of the molecule is C#CCOCCOCCOCCNc1nc(N2CCOCC2)nc(N2CCN(C(=O)[C@H](CCCC[NH3+])n3cc(CC(C)O)nn3)CC2)n1.[Cl-]. The van der Waals surface area contributed by atoms with Gasteiger partial charge in [-0.2, -0.15) is 15.0 Å². The van der Waals surface area contributed by atoms with E-state index < -0.39 is 12.1 Å². The number of morpholine rings is 1. The molecule has 0 bridgehead atoms. The minimum Gasteiger partial charge on any atom is -1.00 e. The van der Waals surface area contributed by atoms with Crippen LogP contribution in [0.25, 0.3) is 0 Å². The summed E-state index contributed by atoms with van der Waals surface area (Å²) in [6.45, 7) is 10.4. The quantitative estimate of drug-likeness (QED) is 0.0832. The van der Waals surface area contributed by atoms with E-state index in [0.29, 0.717) is 128 Å². The van der Waals surface area contributed by atoms with Crippen LogP contribution in [0.1, 0.15) is 37.9 Å². The van der Waals surface area contributed by atoms with E-state index in [2.05, 4.69) is 37.1 Å². The second kappa shape index (κ2) is 22.4. The highest BCUT2D eigenvalue weighted by Gasteiger charge is 2.31. The number of hydrogen-bond donors (Lipinski definition) is 3. The molecule has 2 aromatic rings. The van der Waals surface area contributed by atoms with Gasteiger partial charge in [0.15, 0.2) is 0 Å². The summed E-state index contributed by atoms with van der Waals surface area (Å²) in [6, 6.07) is -0.457. The number of aromatic nitrogens is 6. The van der Waals surface area contributed by atoms with Crippen molar-refractivity contribution < 1.29 is 47.0 Å². The molecule has 0 saturated carbocycles. The largest absolute Gasteiger partial charge is 1.00 e. The number of anilines is 3. The van der Waals surface area contributed by atoms with Gasteiger partial charge in [0, 0.05) is 58.4 Å². The summed E-state index contributed by atoms with van der Waals surface area (Å²) in [7, 11) is 0. The number of terminal acetylenes is 1. The average Bonchev–Trinajstić information content (AvgIpc) is 3.56. The fraction of sp³-hybridized carbons (Fsp3) is 0.742. The van der Waals surface area contributed by atoms with Gasteiger partial charge < -0.3 is 62.2 Å². The Morgan fingerprint density at radius 2 is 1.65 bits per heavy atom. The monoisotopic (exact) mass is 709 g/mol. The molecule has 2 aliphatic rings. The van der Waals surface area contributed by atoms with Gasteiger partial charge >= 0.3 is 0 Å². The van der Waals surface area contributed by atoms with Crippen molar-refractivity contribution in [1.29, 1.82) is 0 Å². The number of hydrogen-bond acceptors (Lipinski definition) is 14. The minimum atomic E-state index is -0.534. The Balaban J connectivity index is 0.00000650. The van der Waals surface area contributed by atoms with Crippen LogP contribution in [0, 0.1) is 12.3 Å². The molecule has 0 aliphatic carbocycles. The Bertz CT molecular complexity index is 1270. The first kappa shape index (κ1) is 40.1. The van der Waals surface area contributed by atoms with Gasteiger partial charge in [0.2, 0.25) is 23.8 Å². The van der Waals surface area contributed by atoms with Gasteiger partial charge in [-0.15, -0.1) is 11.5 Å². The molecule has 2 aliphatic heterocycles. The molecule has 1 amide bonds. The number of halogens is 1. The molecular weight excluding hydrogens is 658 g/mol. The zero-order valence-electron chi connectivity index (χ0n) is 28.5. The third kappa shape index (κ3) is 13.5. The number of unbranched alkanes of at least 4 members (excludes halogenated alkanes) is 1. The van der Waals surface area contributed by atoms with Crippen LogP contribution in [0.15, 0.2) is 6.20 Å². The van der Waals surface area contributed by atoms with Crippen LogP contribution in [0.3, 0.4) is 0 Å². The molecule has 4 rings (SSSR count). The summed E-state index contributed by atoms with van der Waals surface area (Å²) < 4.78 is 23.5. The van der Waals surface area contributed by atoms with E-state index in [4.69, 9.17) is 40.3 Å². The summed E-state index contributed by atoms with van der Waals surface area (Å²) in [5.74, 6) is 4.06. The van der Waals surface area contributed by atoms with Crippen molar-refractivity contribution in [1.82, 2.24) is 34.8 Å². The van der Waals surface area contributed by atoms with Gasteiger partial charge in [-0.25, -0.2) is 4.68 Å². The minimum absolute atomic E-state index is 0. The Morgan fingerprint density at radius 1 is 1.00 bits per heavy atom. The molecule has 0 aromatic carbocycles. The Kier molecular flexibility index (Phi) is 18.3. The van der Waals surface area contributed by atoms with E-state index >= 15 is 0 Å². The number of ether oxygens (including phenoxy) is 4. The van der Waals surface area contributed by atoms with Crippen molar-refractivity contribution >= 4 is 23.8 Å². The number of carbonyl (C=O) groups excluding carboxylic acids is 1. The molecule has 2 fully saturated rings. The molecular formula is C31H52ClN11O6. The maximum Gasteiger partial charge on any atom is 0.247 e. The van der Waals surface area contributed by atoms with Gasteiger partial charge in [-0.3, -0.25) is 4.79 Å². The van der Waals surface area contributed by atoms with Crippen LogP contribution in [0.4, 0.5) is 17.8 Å². The lowest BCUT2D eigenvalue weighted by atomic mass is 10.1. The lowest BCUT2D eigenvalue weighted by Gasteiger charge is -2.36. The van der Waals surface area contributed by atoms with Crippen molar-refractivity contribution in [2.75, 3.05) is 120 Å². The van der Waals surface area contributed by atoms with Crippen LogP contribution in [-0.2, 0) is 30.2 Å². The Hall–Kier alpha value is -3.37. The van der Waals surface area contributed by atoms with Crippen LogP contribution in [0.5, 0.6) is 0 Å². The molecule has 18 heteroatoms. The van der Waals surface area contributed by atoms with Gasteiger partial charge in [0.1, 0.15) is 12.6 Å². The number of nitrogens with one attached hydrogen (secondary N) is 1. The molecule has 2 saturated heterocycles. The lowest BCUT2D eigenvalue weighted by Crippen LogP contribution is -3.00. The summed E-state index contributed by atoms with van der Waals surface area (Å²) >= 11 is 0. The highest BCUT2D eigenvalue weighted by atomic mass is 35.5. The smallest absolute Gasteiger partial charge is 0.247 e. The molecule has 5 N–H and O–H groups in total. The number of nitrogens with zero attached hydrogens (tertiary/aromatic N) is 9. The van der Waals surface area contributed by atoms with Crippen LogP contribution in [0.2, 0.25) is 0 Å². The molecule has 49 heavy (non-hydrogen) atoms. The molecule has 274 valence electrons. The third-order valence-corrected chi connectivity index (χ3v) is 7.88. The maximum atomic E-state index is 13.8. The number of rotatable bonds is 21. The van der Waals surface area contributed by atoms with Crippen LogP contribution >= 0.6 is 0 Å². The second-order valence-electron chi connectivity index (χ2n) is 11.7. The lowest BCUT2D eigenvalue weighted by molar-refractivity contribution is -0.368. The number of carbonyl (C=O) groups is 1. The van der Waals surface area contributed by atoms with E-state index in [9.17, 15) is 9.90 Å². The third-order valence-electron chi connectivity index (χ3n) is 7.88. The summed E-state index contributed by atoms with van der Waals surface area (Å²) in [5, 5.41) is 21.5. The zero-order valence-corrected chi connectivity index (χ0v) is 29.3. The van der Waals surface area contributed by atoms with Crippen molar-refractivity contribution in [3.63, 3.8) is 0 Å². The van der Waals surface area contributed by atoms with Crippen molar-refractivity contribution in [3.05, 3.63) is 11.9 Å². The molecule has 0 radical (unpaired) electrons. The van der Waals surface area contributed by atoms with E-state index in [0.717, 1.165) is 19.4 Å². The first-order chi connectivity index (χ1) is 23.5. The summed E-state index contributed by atoms with van der Waals surface area (Å²) in [4.78, 5) is 34.2. The van der Waals surface area contributed by atoms with Crippen LogP contribution in [-0.4, -0.2) is 157 Å². The zero-order chi connectivity index (χ0) is 34.0. The van der Waals surface area contributed by atoms with Crippen molar-refractivity contribution in [3.8, 4) is 12.3 Å². The highest BCUT2D eigenvalue weighted by Crippen LogP contribution is 2.22. The maximum absolute atomic E-state index is 13.8. The molecule has 1 unspecified atom stereocenters. The topological polar surface area (TPSA) is 193 Å². The van der Waals surface area contributed by atoms with Crippen molar-refractivity contribution in [2.45, 2.75) is 44.8 Å². The summed E-state index contributed by atoms with van der Waals surface area (Å²) in [5.41, 5.74) is 4.60. The van der Waals surface area contributed by atoms with Crippen molar-refractivity contribution in [2.24, 2.45) is 0 Å². The number of aliphatic hydroxyl groups is 1. The molecule has 2 aromatic heterocycles. The van der Waals surface area contributed by atoms with E-state index in [1.165, 1.54) is 0 Å². The van der Waals surface area contributed by atoms with Crippen LogP contribution < -0.4 is 33.3 Å². The molecule has 17 nitrogen and oxygen atoms in total. The predicted octanol–water partition coefficient (Wildman–Crippen LogP) is -4.38. The first-order valence-corrected chi connectivity index (χ1v) is 16.9. The normalized spacial score (nSPS) is 16.2. The predicted molar refractivity (Wildman–Crippen MR) is 177 cm³/mol. The van der Waals surface area contributed by atoms with Gasteiger partial charge in [-0.05, 0) is 26.2 Å². The molecule has 2 atom stereocenters. The van der Waals surface area contributed by atoms with E-state index in [1.807, 2.05) is 4.90 Å². The van der Waals surface area contributed by atoms with Gasteiger partial charge in [-0.1, -0.05) is 11.1 Å². The first-order valence-electron chi connectivity index (χ1n) is 16.9. The number of quaternary nitrogens is 1. The number of amides is 1. The number of piperazine rings is 1. The fourth-order valence-electron chi connectivity index (χ4n) is 5.37. The standard InChI is InChI=1S/C31H51N11O6.ClH/c1-3-15-45-19-21-48-22-20-46-16-8-33-29-34-30(36-31(35-29)41-13-17-47-18-14-41)40-11-9-39(10-12-40)28(44)27(6-4-5-7-32)42-24-26(37-38-42)23-25(2)43;/h1,24-25,27,43H,4-23,32H2,2H3,(H,33,34,35,36);1H/t25?,27-;/m0./s1. The highest BCUT2D eigenvalue weighted by molar-refractivity contribution is 5.80. The van der Waals surface area contributed by atoms with E-state index in [-0.39, 0.29) is 24.9 Å². The Labute approximate surface area is 294 Å². The average molecular weight is 710 g/mol. The van der Waals surface area contributed by atoms with E-state index in [1.54, 1.807) is 17.8 Å². The van der Waals surface area contributed by atoms with Gasteiger partial charge in [0.25, 0.3) is 0 Å².